The molecule has 1 aromatic heterocycles. The molecule has 3 aromatic rings. The lowest BCUT2D eigenvalue weighted by molar-refractivity contribution is -0.114. The number of nitrogens with one attached hydrogen (secondary N) is 1. The van der Waals surface area contributed by atoms with Crippen LogP contribution in [0.1, 0.15) is 0 Å². The second-order valence-electron chi connectivity index (χ2n) is 6.18. The molecule has 156 valence electrons. The first-order chi connectivity index (χ1) is 14.4. The topological polar surface area (TPSA) is 97.8 Å². The first kappa shape index (κ1) is 21.1. The van der Waals surface area contributed by atoms with Gasteiger partial charge in [-0.1, -0.05) is 6.07 Å². The van der Waals surface area contributed by atoms with E-state index >= 15 is 0 Å². The molecule has 30 heavy (non-hydrogen) atoms. The number of aromatic nitrogens is 1. The lowest BCUT2D eigenvalue weighted by atomic mass is 10.3. The summed E-state index contributed by atoms with van der Waals surface area (Å²) in [4.78, 5) is 16.6. The zero-order valence-electron chi connectivity index (χ0n) is 16.5. The monoisotopic (exact) mass is 427 g/mol. The van der Waals surface area contributed by atoms with E-state index in [-0.39, 0.29) is 4.90 Å². The summed E-state index contributed by atoms with van der Waals surface area (Å²) < 4.78 is 37.8. The third-order valence-electron chi connectivity index (χ3n) is 4.22. The van der Waals surface area contributed by atoms with Crippen molar-refractivity contribution in [3.8, 4) is 11.5 Å². The molecule has 0 saturated carbocycles. The van der Waals surface area contributed by atoms with Gasteiger partial charge in [-0.25, -0.2) is 8.42 Å². The predicted molar refractivity (Wildman–Crippen MR) is 113 cm³/mol. The second-order valence-corrected chi connectivity index (χ2v) is 8.04. The summed E-state index contributed by atoms with van der Waals surface area (Å²) in [6.07, 6.45) is 2.72. The number of carbonyl (C=O) groups excluding carboxylic acids is 1. The number of anilines is 2. The number of ether oxygens (including phenoxy) is 2. The third-order valence-corrected chi connectivity index (χ3v) is 5.98. The van der Waals surface area contributed by atoms with Gasteiger partial charge in [-0.05, 0) is 48.5 Å². The molecule has 0 spiro atoms. The second kappa shape index (κ2) is 9.27. The number of hydrogen-bond acceptors (Lipinski definition) is 6. The highest BCUT2D eigenvalue weighted by Gasteiger charge is 2.27. The number of rotatable bonds is 8. The molecule has 0 unspecified atom stereocenters. The van der Waals surface area contributed by atoms with Crippen LogP contribution in [0.4, 0.5) is 11.4 Å². The van der Waals surface area contributed by atoms with E-state index in [9.17, 15) is 13.2 Å². The van der Waals surface area contributed by atoms with Crippen molar-refractivity contribution in [2.24, 2.45) is 0 Å². The summed E-state index contributed by atoms with van der Waals surface area (Å²) >= 11 is 0. The molecule has 0 aliphatic carbocycles. The first-order valence-corrected chi connectivity index (χ1v) is 10.4. The van der Waals surface area contributed by atoms with Gasteiger partial charge >= 0.3 is 0 Å². The SMILES string of the molecule is COc1ccc(N(CC(=O)Nc2cccc(OC)c2)S(=O)(=O)c2cccnc2)cc1. The van der Waals surface area contributed by atoms with Crippen molar-refractivity contribution in [2.75, 3.05) is 30.4 Å². The van der Waals surface area contributed by atoms with E-state index in [4.69, 9.17) is 9.47 Å². The van der Waals surface area contributed by atoms with Crippen molar-refractivity contribution in [3.05, 3.63) is 73.1 Å². The molecule has 0 atom stereocenters. The molecule has 1 amide bonds. The highest BCUT2D eigenvalue weighted by Crippen LogP contribution is 2.26. The van der Waals surface area contributed by atoms with Crippen molar-refractivity contribution in [2.45, 2.75) is 4.90 Å². The van der Waals surface area contributed by atoms with E-state index in [2.05, 4.69) is 10.3 Å². The number of benzene rings is 2. The van der Waals surface area contributed by atoms with Crippen LogP contribution in [0.2, 0.25) is 0 Å². The fraction of sp³-hybridized carbons (Fsp3) is 0.143. The smallest absolute Gasteiger partial charge is 0.266 e. The standard InChI is InChI=1S/C21H21N3O5S/c1-28-18-10-8-17(9-11-18)24(30(26,27)20-7-4-12-22-14-20)15-21(25)23-16-5-3-6-19(13-16)29-2/h3-14H,15H2,1-2H3,(H,23,25). The van der Waals surface area contributed by atoms with Gasteiger partial charge in [0.05, 0.1) is 19.9 Å². The first-order valence-electron chi connectivity index (χ1n) is 8.95. The zero-order chi connectivity index (χ0) is 21.6. The van der Waals surface area contributed by atoms with Gasteiger partial charge in [0.2, 0.25) is 5.91 Å². The van der Waals surface area contributed by atoms with Crippen molar-refractivity contribution >= 4 is 27.3 Å². The van der Waals surface area contributed by atoms with Crippen LogP contribution in [0.5, 0.6) is 11.5 Å². The van der Waals surface area contributed by atoms with E-state index < -0.39 is 22.5 Å². The van der Waals surface area contributed by atoms with Gasteiger partial charge in [-0.3, -0.25) is 14.1 Å². The average Bonchev–Trinajstić information content (AvgIpc) is 2.78. The molecule has 1 N–H and O–H groups in total. The van der Waals surface area contributed by atoms with Gasteiger partial charge in [0.15, 0.2) is 0 Å². The zero-order valence-corrected chi connectivity index (χ0v) is 17.3. The lowest BCUT2D eigenvalue weighted by Crippen LogP contribution is -2.38. The number of methoxy groups -OCH3 is 2. The minimum atomic E-state index is -4.03. The average molecular weight is 427 g/mol. The largest absolute Gasteiger partial charge is 0.497 e. The molecule has 0 aliphatic rings. The summed E-state index contributed by atoms with van der Waals surface area (Å²) in [5.74, 6) is 0.632. The summed E-state index contributed by atoms with van der Waals surface area (Å²) in [5.41, 5.74) is 0.813. The van der Waals surface area contributed by atoms with Gasteiger partial charge in [0.25, 0.3) is 10.0 Å². The maximum absolute atomic E-state index is 13.2. The van der Waals surface area contributed by atoms with Crippen LogP contribution < -0.4 is 19.1 Å². The van der Waals surface area contributed by atoms with Gasteiger partial charge < -0.3 is 14.8 Å². The third kappa shape index (κ3) is 4.87. The Morgan fingerprint density at radius 1 is 1.00 bits per heavy atom. The lowest BCUT2D eigenvalue weighted by Gasteiger charge is -2.24. The summed E-state index contributed by atoms with van der Waals surface area (Å²) in [7, 11) is -0.994. The molecule has 0 radical (unpaired) electrons. The van der Waals surface area contributed by atoms with Crippen LogP contribution in [-0.4, -0.2) is 40.1 Å². The number of pyridine rings is 1. The van der Waals surface area contributed by atoms with Crippen molar-refractivity contribution in [3.63, 3.8) is 0 Å². The Hall–Kier alpha value is -3.59. The summed E-state index contributed by atoms with van der Waals surface area (Å²) in [6, 6.07) is 16.2. The van der Waals surface area contributed by atoms with Crippen LogP contribution in [0.25, 0.3) is 0 Å². The highest BCUT2D eigenvalue weighted by atomic mass is 32.2. The Labute approximate surface area is 175 Å². The molecule has 0 bridgehead atoms. The fourth-order valence-corrected chi connectivity index (χ4v) is 4.11. The molecule has 0 fully saturated rings. The normalized spacial score (nSPS) is 10.9. The van der Waals surface area contributed by atoms with E-state index in [0.717, 1.165) is 4.31 Å². The van der Waals surface area contributed by atoms with Crippen molar-refractivity contribution in [1.29, 1.82) is 0 Å². The van der Waals surface area contributed by atoms with Crippen LogP contribution in [0.3, 0.4) is 0 Å². The molecule has 2 aromatic carbocycles. The van der Waals surface area contributed by atoms with Crippen LogP contribution >= 0.6 is 0 Å². The Bertz CT molecular complexity index is 1100. The van der Waals surface area contributed by atoms with Crippen molar-refractivity contribution < 1.29 is 22.7 Å². The summed E-state index contributed by atoms with van der Waals surface area (Å²) in [5, 5.41) is 2.70. The molecule has 0 aliphatic heterocycles. The maximum Gasteiger partial charge on any atom is 0.266 e. The molecule has 9 heteroatoms. The molecule has 1 heterocycles. The molecule has 8 nitrogen and oxygen atoms in total. The molecule has 3 rings (SSSR count). The van der Waals surface area contributed by atoms with E-state index in [0.29, 0.717) is 22.9 Å². The Morgan fingerprint density at radius 3 is 2.37 bits per heavy atom. The Balaban J connectivity index is 1.91. The molecular formula is C21H21N3O5S. The van der Waals surface area contributed by atoms with Crippen LogP contribution in [0, 0.1) is 0 Å². The van der Waals surface area contributed by atoms with E-state index in [1.54, 1.807) is 48.5 Å². The number of nitrogens with zero attached hydrogens (tertiary/aromatic N) is 2. The molecular weight excluding hydrogens is 406 g/mol. The maximum atomic E-state index is 13.2. The minimum absolute atomic E-state index is 0.0185. The van der Waals surface area contributed by atoms with E-state index in [1.807, 2.05) is 0 Å². The van der Waals surface area contributed by atoms with Crippen molar-refractivity contribution in [1.82, 2.24) is 4.98 Å². The summed E-state index contributed by atoms with van der Waals surface area (Å²) in [6.45, 7) is -0.430. The van der Waals surface area contributed by atoms with Crippen LogP contribution in [-0.2, 0) is 14.8 Å². The van der Waals surface area contributed by atoms with Gasteiger partial charge in [0, 0.05) is 24.1 Å². The van der Waals surface area contributed by atoms with Crippen LogP contribution in [0.15, 0.2) is 78.0 Å². The Kier molecular flexibility index (Phi) is 6.53. The van der Waals surface area contributed by atoms with E-state index in [1.165, 1.54) is 38.7 Å². The minimum Gasteiger partial charge on any atom is -0.497 e. The fourth-order valence-electron chi connectivity index (χ4n) is 2.72. The number of amides is 1. The number of sulfonamides is 1. The number of carbonyl (C=O) groups is 1. The predicted octanol–water partition coefficient (Wildman–Crippen LogP) is 2.93. The van der Waals surface area contributed by atoms with Gasteiger partial charge in [-0.2, -0.15) is 0 Å². The quantitative estimate of drug-likeness (QED) is 0.594. The number of hydrogen-bond donors (Lipinski definition) is 1. The molecule has 0 saturated heterocycles. The van der Waals surface area contributed by atoms with Gasteiger partial charge in [-0.15, -0.1) is 0 Å². The Morgan fingerprint density at radius 2 is 1.73 bits per heavy atom. The van der Waals surface area contributed by atoms with Gasteiger partial charge in [0.1, 0.15) is 22.9 Å². The highest BCUT2D eigenvalue weighted by molar-refractivity contribution is 7.92.